The molecule has 0 atom stereocenters. The summed E-state index contributed by atoms with van der Waals surface area (Å²) in [7, 11) is 0. The van der Waals surface area contributed by atoms with Gasteiger partial charge in [-0.15, -0.1) is 0 Å². The smallest absolute Gasteiger partial charge is 0.166 e. The summed E-state index contributed by atoms with van der Waals surface area (Å²) in [5, 5.41) is 11.0. The Balaban J connectivity index is 1.75. The number of rotatable bonds is 2. The van der Waals surface area contributed by atoms with Gasteiger partial charge in [0.1, 0.15) is 12.4 Å². The number of pyridine rings is 2. The Morgan fingerprint density at radius 3 is 2.80 bits per heavy atom. The number of ether oxygens (including phenoxy) is 1. The summed E-state index contributed by atoms with van der Waals surface area (Å²) >= 11 is 6.29. The van der Waals surface area contributed by atoms with Crippen LogP contribution in [0.3, 0.4) is 0 Å². The summed E-state index contributed by atoms with van der Waals surface area (Å²) in [6, 6.07) is 11.2. The van der Waals surface area contributed by atoms with E-state index in [1.165, 1.54) is 0 Å². The normalized spacial score (nSPS) is 13.7. The van der Waals surface area contributed by atoms with Gasteiger partial charge in [0.25, 0.3) is 0 Å². The number of nitrogens with zero attached hydrogens (tertiary/aromatic N) is 3. The van der Waals surface area contributed by atoms with Crippen LogP contribution >= 0.6 is 11.6 Å². The fourth-order valence-electron chi connectivity index (χ4n) is 2.99. The molecule has 1 aliphatic heterocycles. The molecule has 0 radical (unpaired) electrons. The number of aromatic hydroxyl groups is 1. The standard InChI is InChI=1S/C19H16ClN3O2/c20-16-4-2-6-22-19(16)23-7-8-25-18-15(12-23)9-14(10-17(18)24)13-3-1-5-21-11-13/h1-6,9-11,24H,7-8,12H2. The number of halogens is 1. The highest BCUT2D eigenvalue weighted by molar-refractivity contribution is 6.32. The average Bonchev–Trinajstić information content (AvgIpc) is 2.85. The van der Waals surface area contributed by atoms with E-state index in [2.05, 4.69) is 14.9 Å². The van der Waals surface area contributed by atoms with E-state index in [1.54, 1.807) is 30.7 Å². The number of aromatic nitrogens is 2. The third-order valence-corrected chi connectivity index (χ3v) is 4.44. The number of hydrogen-bond donors (Lipinski definition) is 1. The number of fused-ring (bicyclic) bond motifs is 1. The summed E-state index contributed by atoms with van der Waals surface area (Å²) in [6.07, 6.45) is 5.21. The lowest BCUT2D eigenvalue weighted by molar-refractivity contribution is 0.312. The summed E-state index contributed by atoms with van der Waals surface area (Å²) in [5.41, 5.74) is 2.72. The largest absolute Gasteiger partial charge is 0.504 e. The minimum atomic E-state index is 0.130. The van der Waals surface area contributed by atoms with Crippen LogP contribution in [0.4, 0.5) is 5.82 Å². The van der Waals surface area contributed by atoms with Gasteiger partial charge in [0, 0.05) is 36.3 Å². The van der Waals surface area contributed by atoms with Crippen LogP contribution in [0.2, 0.25) is 5.02 Å². The fourth-order valence-corrected chi connectivity index (χ4v) is 3.23. The van der Waals surface area contributed by atoms with E-state index in [-0.39, 0.29) is 5.75 Å². The van der Waals surface area contributed by atoms with Crippen LogP contribution in [0.1, 0.15) is 5.56 Å². The van der Waals surface area contributed by atoms with Crippen molar-refractivity contribution in [3.8, 4) is 22.6 Å². The molecule has 1 aromatic carbocycles. The topological polar surface area (TPSA) is 58.5 Å². The second-order valence-electron chi connectivity index (χ2n) is 5.80. The maximum Gasteiger partial charge on any atom is 0.166 e. The van der Waals surface area contributed by atoms with Crippen LogP contribution in [0, 0.1) is 0 Å². The Morgan fingerprint density at radius 2 is 2.00 bits per heavy atom. The van der Waals surface area contributed by atoms with Crippen molar-refractivity contribution >= 4 is 17.4 Å². The van der Waals surface area contributed by atoms with Crippen LogP contribution in [0.15, 0.2) is 55.0 Å². The minimum absolute atomic E-state index is 0.130. The van der Waals surface area contributed by atoms with Crippen molar-refractivity contribution in [2.45, 2.75) is 6.54 Å². The molecule has 0 aliphatic carbocycles. The Labute approximate surface area is 150 Å². The van der Waals surface area contributed by atoms with Gasteiger partial charge in [0.05, 0.1) is 11.6 Å². The molecule has 0 fully saturated rings. The summed E-state index contributed by atoms with van der Waals surface area (Å²) in [4.78, 5) is 10.6. The summed E-state index contributed by atoms with van der Waals surface area (Å²) in [5.74, 6) is 1.36. The molecule has 1 aliphatic rings. The van der Waals surface area contributed by atoms with Gasteiger partial charge in [-0.1, -0.05) is 17.7 Å². The molecule has 25 heavy (non-hydrogen) atoms. The van der Waals surface area contributed by atoms with E-state index < -0.39 is 0 Å². The molecule has 0 amide bonds. The molecule has 0 spiro atoms. The summed E-state index contributed by atoms with van der Waals surface area (Å²) in [6.45, 7) is 1.63. The predicted octanol–water partition coefficient (Wildman–Crippen LogP) is 3.90. The molecule has 0 saturated heterocycles. The Hall–Kier alpha value is -2.79. The zero-order valence-corrected chi connectivity index (χ0v) is 14.1. The van der Waals surface area contributed by atoms with Crippen molar-refractivity contribution in [1.29, 1.82) is 0 Å². The lowest BCUT2D eigenvalue weighted by Gasteiger charge is -2.22. The molecular weight excluding hydrogens is 338 g/mol. The molecule has 0 saturated carbocycles. The van der Waals surface area contributed by atoms with E-state index in [0.717, 1.165) is 16.7 Å². The quantitative estimate of drug-likeness (QED) is 0.757. The van der Waals surface area contributed by atoms with Gasteiger partial charge in [-0.3, -0.25) is 4.98 Å². The first-order chi connectivity index (χ1) is 12.2. The Bertz CT molecular complexity index is 902. The second-order valence-corrected chi connectivity index (χ2v) is 6.21. The highest BCUT2D eigenvalue weighted by atomic mass is 35.5. The van der Waals surface area contributed by atoms with Crippen LogP contribution in [0.5, 0.6) is 11.5 Å². The maximum atomic E-state index is 10.4. The second kappa shape index (κ2) is 6.61. The average molecular weight is 354 g/mol. The van der Waals surface area contributed by atoms with Crippen molar-refractivity contribution in [2.24, 2.45) is 0 Å². The van der Waals surface area contributed by atoms with Crippen molar-refractivity contribution < 1.29 is 9.84 Å². The molecule has 1 N–H and O–H groups in total. The fraction of sp³-hybridized carbons (Fsp3) is 0.158. The first-order valence-electron chi connectivity index (χ1n) is 7.97. The molecule has 4 rings (SSSR count). The number of benzene rings is 1. The first kappa shape index (κ1) is 15.7. The number of hydrogen-bond acceptors (Lipinski definition) is 5. The SMILES string of the molecule is Oc1cc(-c2cccnc2)cc2c1OCCN(c1ncccc1Cl)C2. The lowest BCUT2D eigenvalue weighted by Crippen LogP contribution is -2.26. The van der Waals surface area contributed by atoms with Gasteiger partial charge in [0.15, 0.2) is 11.5 Å². The van der Waals surface area contributed by atoms with Gasteiger partial charge in [-0.2, -0.15) is 0 Å². The van der Waals surface area contributed by atoms with E-state index in [4.69, 9.17) is 16.3 Å². The van der Waals surface area contributed by atoms with Crippen molar-refractivity contribution in [3.63, 3.8) is 0 Å². The number of phenols is 1. The highest BCUT2D eigenvalue weighted by Gasteiger charge is 2.21. The number of anilines is 1. The Morgan fingerprint density at radius 1 is 1.12 bits per heavy atom. The van der Waals surface area contributed by atoms with Crippen LogP contribution in [0.25, 0.3) is 11.1 Å². The lowest BCUT2D eigenvalue weighted by atomic mass is 10.0. The molecule has 2 aromatic heterocycles. The van der Waals surface area contributed by atoms with Crippen molar-refractivity contribution in [3.05, 3.63) is 65.6 Å². The van der Waals surface area contributed by atoms with Gasteiger partial charge in [-0.25, -0.2) is 4.98 Å². The monoisotopic (exact) mass is 353 g/mol. The summed E-state index contributed by atoms with van der Waals surface area (Å²) < 4.78 is 5.78. The molecule has 3 aromatic rings. The molecular formula is C19H16ClN3O2. The van der Waals surface area contributed by atoms with Gasteiger partial charge < -0.3 is 14.7 Å². The maximum absolute atomic E-state index is 10.4. The zero-order valence-electron chi connectivity index (χ0n) is 13.4. The van der Waals surface area contributed by atoms with Crippen LogP contribution in [-0.2, 0) is 6.54 Å². The molecule has 5 nitrogen and oxygen atoms in total. The molecule has 126 valence electrons. The minimum Gasteiger partial charge on any atom is -0.504 e. The van der Waals surface area contributed by atoms with E-state index >= 15 is 0 Å². The highest BCUT2D eigenvalue weighted by Crippen LogP contribution is 2.38. The van der Waals surface area contributed by atoms with Crippen LogP contribution < -0.4 is 9.64 Å². The molecule has 0 bridgehead atoms. The van der Waals surface area contributed by atoms with E-state index in [9.17, 15) is 5.11 Å². The molecule has 6 heteroatoms. The first-order valence-corrected chi connectivity index (χ1v) is 8.35. The third-order valence-electron chi connectivity index (χ3n) is 4.15. The number of phenolic OH excluding ortho intramolecular Hbond substituents is 1. The van der Waals surface area contributed by atoms with Gasteiger partial charge >= 0.3 is 0 Å². The van der Waals surface area contributed by atoms with Crippen molar-refractivity contribution in [2.75, 3.05) is 18.1 Å². The van der Waals surface area contributed by atoms with Crippen molar-refractivity contribution in [1.82, 2.24) is 9.97 Å². The zero-order chi connectivity index (χ0) is 17.2. The van der Waals surface area contributed by atoms with E-state index in [0.29, 0.717) is 36.3 Å². The molecule has 0 unspecified atom stereocenters. The van der Waals surface area contributed by atoms with E-state index in [1.807, 2.05) is 24.3 Å². The van der Waals surface area contributed by atoms with Crippen LogP contribution in [-0.4, -0.2) is 28.2 Å². The molecule has 3 heterocycles. The van der Waals surface area contributed by atoms with Gasteiger partial charge in [-0.05, 0) is 35.9 Å². The van der Waals surface area contributed by atoms with Gasteiger partial charge in [0.2, 0.25) is 0 Å². The Kier molecular flexibility index (Phi) is 4.15. The third kappa shape index (κ3) is 3.10. The predicted molar refractivity (Wildman–Crippen MR) is 97.1 cm³/mol.